The molecule has 0 radical (unpaired) electrons. The summed E-state index contributed by atoms with van der Waals surface area (Å²) in [6.45, 7) is 8.85. The van der Waals surface area contributed by atoms with E-state index in [4.69, 9.17) is 0 Å². The number of carbonyl (C=O) groups is 1. The van der Waals surface area contributed by atoms with E-state index in [-0.39, 0.29) is 5.91 Å². The van der Waals surface area contributed by atoms with Crippen LogP contribution in [-0.2, 0) is 0 Å². The zero-order chi connectivity index (χ0) is 21.1. The van der Waals surface area contributed by atoms with Crippen molar-refractivity contribution in [2.45, 2.75) is 20.8 Å². The molecule has 1 aliphatic rings. The van der Waals surface area contributed by atoms with Gasteiger partial charge in [0.15, 0.2) is 11.6 Å². The molecule has 1 fully saturated rings. The van der Waals surface area contributed by atoms with Gasteiger partial charge >= 0.3 is 0 Å². The highest BCUT2D eigenvalue weighted by Gasteiger charge is 2.23. The second-order valence-electron chi connectivity index (χ2n) is 7.64. The Morgan fingerprint density at radius 2 is 1.67 bits per heavy atom. The number of nitrogens with zero attached hydrogens (tertiary/aromatic N) is 5. The summed E-state index contributed by atoms with van der Waals surface area (Å²) >= 11 is 0. The third kappa shape index (κ3) is 4.40. The van der Waals surface area contributed by atoms with Gasteiger partial charge in [0.05, 0.1) is 0 Å². The maximum atomic E-state index is 12.8. The van der Waals surface area contributed by atoms with Gasteiger partial charge in [-0.3, -0.25) is 4.79 Å². The Kier molecular flexibility index (Phi) is 5.61. The van der Waals surface area contributed by atoms with Gasteiger partial charge in [0.2, 0.25) is 0 Å². The highest BCUT2D eigenvalue weighted by molar-refractivity contribution is 5.94. The molecule has 0 aliphatic carbocycles. The van der Waals surface area contributed by atoms with Crippen molar-refractivity contribution < 1.29 is 4.79 Å². The number of aromatic nitrogens is 3. The maximum absolute atomic E-state index is 12.8. The van der Waals surface area contributed by atoms with Gasteiger partial charge in [-0.25, -0.2) is 4.98 Å². The van der Waals surface area contributed by atoms with Crippen molar-refractivity contribution in [3.8, 4) is 0 Å². The molecule has 0 unspecified atom stereocenters. The molecule has 1 amide bonds. The third-order valence-corrected chi connectivity index (χ3v) is 5.44. The third-order valence-electron chi connectivity index (χ3n) is 5.44. The molecule has 0 saturated carbocycles. The molecule has 4 rings (SSSR count). The predicted molar refractivity (Wildman–Crippen MR) is 118 cm³/mol. The Bertz CT molecular complexity index is 1040. The second kappa shape index (κ2) is 8.49. The summed E-state index contributed by atoms with van der Waals surface area (Å²) in [7, 11) is 0. The lowest BCUT2D eigenvalue weighted by Crippen LogP contribution is -2.49. The van der Waals surface area contributed by atoms with E-state index in [1.807, 2.05) is 67.3 Å². The number of benzene rings is 1. The van der Waals surface area contributed by atoms with E-state index in [9.17, 15) is 4.79 Å². The molecule has 3 aromatic rings. The van der Waals surface area contributed by atoms with Crippen LogP contribution in [0.1, 0.15) is 27.2 Å². The van der Waals surface area contributed by atoms with Crippen molar-refractivity contribution in [3.63, 3.8) is 0 Å². The Morgan fingerprint density at radius 3 is 2.33 bits per heavy atom. The normalized spacial score (nSPS) is 14.0. The fraction of sp³-hybridized carbons (Fsp3) is 0.304. The first-order valence-corrected chi connectivity index (χ1v) is 10.2. The molecule has 1 aromatic carbocycles. The summed E-state index contributed by atoms with van der Waals surface area (Å²) < 4.78 is 0. The molecule has 1 N–H and O–H groups in total. The highest BCUT2D eigenvalue weighted by atomic mass is 16.2. The van der Waals surface area contributed by atoms with E-state index in [0.717, 1.165) is 41.5 Å². The van der Waals surface area contributed by atoms with Crippen molar-refractivity contribution in [2.24, 2.45) is 0 Å². The molecule has 0 spiro atoms. The minimum Gasteiger partial charge on any atom is -0.352 e. The van der Waals surface area contributed by atoms with Gasteiger partial charge in [-0.15, -0.1) is 10.2 Å². The van der Waals surface area contributed by atoms with Gasteiger partial charge in [-0.1, -0.05) is 12.1 Å². The van der Waals surface area contributed by atoms with E-state index in [0.29, 0.717) is 18.9 Å². The van der Waals surface area contributed by atoms with E-state index in [1.54, 1.807) is 0 Å². The van der Waals surface area contributed by atoms with E-state index in [1.165, 1.54) is 5.56 Å². The minimum absolute atomic E-state index is 0.0917. The monoisotopic (exact) mass is 402 g/mol. The van der Waals surface area contributed by atoms with Gasteiger partial charge in [0.1, 0.15) is 5.82 Å². The van der Waals surface area contributed by atoms with Crippen LogP contribution in [0.25, 0.3) is 0 Å². The van der Waals surface area contributed by atoms with E-state index >= 15 is 0 Å². The van der Waals surface area contributed by atoms with Crippen LogP contribution in [0.5, 0.6) is 0 Å². The number of carbonyl (C=O) groups excluding carboxylic acids is 1. The van der Waals surface area contributed by atoms with Crippen molar-refractivity contribution in [1.29, 1.82) is 0 Å². The number of amides is 1. The Balaban J connectivity index is 1.35. The SMILES string of the molecule is Cc1cccc(Nc2ccc(N3CCN(C(=O)c4ccc(C)c(C)c4)CC3)nn2)n1. The lowest BCUT2D eigenvalue weighted by Gasteiger charge is -2.35. The molecular formula is C23H26N6O. The Labute approximate surface area is 176 Å². The first-order chi connectivity index (χ1) is 14.5. The zero-order valence-electron chi connectivity index (χ0n) is 17.6. The van der Waals surface area contributed by atoms with Crippen molar-refractivity contribution in [2.75, 3.05) is 36.4 Å². The molecule has 30 heavy (non-hydrogen) atoms. The lowest BCUT2D eigenvalue weighted by atomic mass is 10.1. The van der Waals surface area contributed by atoms with Gasteiger partial charge in [0.25, 0.3) is 5.91 Å². The molecular weight excluding hydrogens is 376 g/mol. The standard InChI is InChI=1S/C23H26N6O/c1-16-7-8-19(15-17(16)2)23(30)29-13-11-28(12-14-29)22-10-9-21(26-27-22)25-20-6-4-5-18(3)24-20/h4-10,15H,11-14H2,1-3H3,(H,24,25,26). The van der Waals surface area contributed by atoms with E-state index < -0.39 is 0 Å². The first kappa shape index (κ1) is 19.8. The first-order valence-electron chi connectivity index (χ1n) is 10.2. The van der Waals surface area contributed by atoms with Crippen LogP contribution in [0.2, 0.25) is 0 Å². The number of hydrogen-bond acceptors (Lipinski definition) is 6. The quantitative estimate of drug-likeness (QED) is 0.720. The molecule has 0 bridgehead atoms. The molecule has 7 heteroatoms. The second-order valence-corrected chi connectivity index (χ2v) is 7.64. The van der Waals surface area contributed by atoms with Crippen LogP contribution in [0.3, 0.4) is 0 Å². The fourth-order valence-corrected chi connectivity index (χ4v) is 3.50. The van der Waals surface area contributed by atoms with Gasteiger partial charge in [-0.2, -0.15) is 0 Å². The fourth-order valence-electron chi connectivity index (χ4n) is 3.50. The molecule has 7 nitrogen and oxygen atoms in total. The number of hydrogen-bond donors (Lipinski definition) is 1. The van der Waals surface area contributed by atoms with Crippen LogP contribution >= 0.6 is 0 Å². The summed E-state index contributed by atoms with van der Waals surface area (Å²) in [5.74, 6) is 2.31. The molecule has 154 valence electrons. The molecule has 1 saturated heterocycles. The highest BCUT2D eigenvalue weighted by Crippen LogP contribution is 2.18. The number of anilines is 3. The van der Waals surface area contributed by atoms with E-state index in [2.05, 4.69) is 32.3 Å². The van der Waals surface area contributed by atoms with Crippen LogP contribution in [-0.4, -0.2) is 52.2 Å². The van der Waals surface area contributed by atoms with Crippen LogP contribution in [0.4, 0.5) is 17.5 Å². The summed E-state index contributed by atoms with van der Waals surface area (Å²) in [4.78, 5) is 21.3. The molecule has 2 aromatic heterocycles. The van der Waals surface area contributed by atoms with Gasteiger partial charge in [-0.05, 0) is 68.3 Å². The zero-order valence-corrected chi connectivity index (χ0v) is 17.6. The number of piperazine rings is 1. The van der Waals surface area contributed by atoms with Crippen molar-refractivity contribution >= 4 is 23.4 Å². The lowest BCUT2D eigenvalue weighted by molar-refractivity contribution is 0.0746. The summed E-state index contributed by atoms with van der Waals surface area (Å²) in [6, 6.07) is 15.5. The summed E-state index contributed by atoms with van der Waals surface area (Å²) in [5, 5.41) is 11.8. The van der Waals surface area contributed by atoms with Gasteiger partial charge < -0.3 is 15.1 Å². The number of rotatable bonds is 4. The summed E-state index contributed by atoms with van der Waals surface area (Å²) in [6.07, 6.45) is 0. The molecule has 0 atom stereocenters. The maximum Gasteiger partial charge on any atom is 0.253 e. The van der Waals surface area contributed by atoms with Crippen LogP contribution < -0.4 is 10.2 Å². The average Bonchev–Trinajstić information content (AvgIpc) is 2.76. The summed E-state index contributed by atoms with van der Waals surface area (Å²) in [5.41, 5.74) is 4.04. The molecule has 1 aliphatic heterocycles. The smallest absolute Gasteiger partial charge is 0.253 e. The minimum atomic E-state index is 0.0917. The number of aryl methyl sites for hydroxylation is 3. The largest absolute Gasteiger partial charge is 0.352 e. The number of pyridine rings is 1. The average molecular weight is 403 g/mol. The Hall–Kier alpha value is -3.48. The topological polar surface area (TPSA) is 74.2 Å². The number of nitrogens with one attached hydrogen (secondary N) is 1. The van der Waals surface area contributed by atoms with Crippen LogP contribution in [0, 0.1) is 20.8 Å². The predicted octanol–water partition coefficient (Wildman–Crippen LogP) is 3.50. The Morgan fingerprint density at radius 1 is 0.867 bits per heavy atom. The van der Waals surface area contributed by atoms with Crippen molar-refractivity contribution in [1.82, 2.24) is 20.1 Å². The molecule has 3 heterocycles. The van der Waals surface area contributed by atoms with Gasteiger partial charge in [0, 0.05) is 37.4 Å². The van der Waals surface area contributed by atoms with Crippen molar-refractivity contribution in [3.05, 3.63) is 70.9 Å². The van der Waals surface area contributed by atoms with Crippen LogP contribution in [0.15, 0.2) is 48.5 Å².